The molecule has 142 valence electrons. The first kappa shape index (κ1) is 19.1. The molecular weight excluding hydrogens is 378 g/mol. The number of halogens is 3. The third kappa shape index (κ3) is 4.54. The zero-order valence-corrected chi connectivity index (χ0v) is 15.0. The van der Waals surface area contributed by atoms with Crippen molar-refractivity contribution in [3.8, 4) is 5.75 Å². The van der Waals surface area contributed by atoms with Gasteiger partial charge in [0.2, 0.25) is 5.91 Å². The summed E-state index contributed by atoms with van der Waals surface area (Å²) >= 11 is 5.91. The normalized spacial score (nSPS) is 13.3. The Morgan fingerprint density at radius 2 is 2.00 bits per heavy atom. The summed E-state index contributed by atoms with van der Waals surface area (Å²) in [7, 11) is 0. The lowest BCUT2D eigenvalue weighted by Crippen LogP contribution is -2.42. The van der Waals surface area contributed by atoms with E-state index in [0.717, 1.165) is 4.90 Å². The van der Waals surface area contributed by atoms with E-state index in [1.807, 2.05) is 0 Å². The molecule has 0 atom stereocenters. The fourth-order valence-corrected chi connectivity index (χ4v) is 3.06. The Bertz CT molecular complexity index is 847. The van der Waals surface area contributed by atoms with Crippen molar-refractivity contribution in [2.24, 2.45) is 0 Å². The van der Waals surface area contributed by atoms with E-state index in [1.165, 1.54) is 11.0 Å². The van der Waals surface area contributed by atoms with E-state index in [4.69, 9.17) is 16.3 Å². The van der Waals surface area contributed by atoms with Crippen molar-refractivity contribution in [1.82, 2.24) is 0 Å². The van der Waals surface area contributed by atoms with E-state index in [0.29, 0.717) is 22.1 Å². The quantitative estimate of drug-likeness (QED) is 0.749. The molecule has 0 N–H and O–H groups in total. The lowest BCUT2D eigenvalue weighted by atomic mass is 10.2. The summed E-state index contributed by atoms with van der Waals surface area (Å²) in [5.41, 5.74) is 0.853. The molecule has 0 saturated heterocycles. The molecule has 1 aliphatic rings. The van der Waals surface area contributed by atoms with Crippen LogP contribution in [0.15, 0.2) is 48.5 Å². The molecule has 1 heterocycles. The Hall–Kier alpha value is -2.67. The largest absolute Gasteiger partial charge is 0.482 e. The topological polar surface area (TPSA) is 49.9 Å². The van der Waals surface area contributed by atoms with E-state index < -0.39 is 18.9 Å². The lowest BCUT2D eigenvalue weighted by molar-refractivity contribution is -0.121. The number of benzene rings is 2. The third-order valence-electron chi connectivity index (χ3n) is 4.10. The van der Waals surface area contributed by atoms with Crippen LogP contribution in [-0.2, 0) is 9.59 Å². The summed E-state index contributed by atoms with van der Waals surface area (Å²) in [5.74, 6) is -0.261. The van der Waals surface area contributed by atoms with Crippen molar-refractivity contribution >= 4 is 34.8 Å². The molecule has 0 unspecified atom stereocenters. The number of carbonyl (C=O) groups excluding carboxylic acids is 2. The van der Waals surface area contributed by atoms with Gasteiger partial charge in [-0.3, -0.25) is 9.59 Å². The number of ether oxygens (including phenoxy) is 1. The summed E-state index contributed by atoms with van der Waals surface area (Å²) in [4.78, 5) is 27.2. The molecule has 0 aliphatic carbocycles. The fourth-order valence-electron chi connectivity index (χ4n) is 2.87. The van der Waals surface area contributed by atoms with Gasteiger partial charge in [0.25, 0.3) is 12.3 Å². The smallest absolute Gasteiger partial charge is 0.265 e. The number of hydrogen-bond acceptors (Lipinski definition) is 3. The summed E-state index contributed by atoms with van der Waals surface area (Å²) in [6.07, 6.45) is -2.81. The summed E-state index contributed by atoms with van der Waals surface area (Å²) in [6, 6.07) is 13.2. The van der Waals surface area contributed by atoms with Gasteiger partial charge in [0.15, 0.2) is 6.61 Å². The van der Waals surface area contributed by atoms with Crippen LogP contribution < -0.4 is 14.5 Å². The first-order valence-electron chi connectivity index (χ1n) is 8.32. The van der Waals surface area contributed by atoms with Gasteiger partial charge in [-0.05, 0) is 30.3 Å². The van der Waals surface area contributed by atoms with Gasteiger partial charge in [0.1, 0.15) is 5.75 Å². The van der Waals surface area contributed by atoms with Crippen LogP contribution in [0.1, 0.15) is 6.42 Å². The Morgan fingerprint density at radius 3 is 2.74 bits per heavy atom. The molecule has 2 aromatic rings. The van der Waals surface area contributed by atoms with E-state index in [-0.39, 0.29) is 25.5 Å². The van der Waals surface area contributed by atoms with E-state index in [9.17, 15) is 18.4 Å². The molecule has 0 fully saturated rings. The minimum atomic E-state index is -2.70. The number of nitrogens with zero attached hydrogens (tertiary/aromatic N) is 2. The van der Waals surface area contributed by atoms with E-state index in [2.05, 4.69) is 0 Å². The van der Waals surface area contributed by atoms with Gasteiger partial charge < -0.3 is 14.5 Å². The molecule has 3 rings (SSSR count). The second kappa shape index (κ2) is 8.35. The van der Waals surface area contributed by atoms with Crippen LogP contribution in [0.25, 0.3) is 0 Å². The maximum Gasteiger partial charge on any atom is 0.265 e. The summed E-state index contributed by atoms with van der Waals surface area (Å²) in [6.45, 7) is -0.800. The second-order valence-corrected chi connectivity index (χ2v) is 6.36. The maximum absolute atomic E-state index is 13.0. The lowest BCUT2D eigenvalue weighted by Gasteiger charge is -2.30. The van der Waals surface area contributed by atoms with E-state index >= 15 is 0 Å². The van der Waals surface area contributed by atoms with Crippen molar-refractivity contribution in [2.45, 2.75) is 12.8 Å². The number of amides is 2. The SMILES string of the molecule is O=C(CCN1C(=O)COc2ccccc21)N(CC(F)F)c1cccc(Cl)c1. The third-order valence-corrected chi connectivity index (χ3v) is 4.33. The van der Waals surface area contributed by atoms with Crippen molar-refractivity contribution < 1.29 is 23.1 Å². The Balaban J connectivity index is 1.75. The van der Waals surface area contributed by atoms with Gasteiger partial charge in [0.05, 0.1) is 12.2 Å². The molecule has 5 nitrogen and oxygen atoms in total. The average molecular weight is 395 g/mol. The fraction of sp³-hybridized carbons (Fsp3) is 0.263. The highest BCUT2D eigenvalue weighted by molar-refractivity contribution is 6.30. The molecule has 2 aromatic carbocycles. The van der Waals surface area contributed by atoms with Gasteiger partial charge in [0, 0.05) is 23.7 Å². The van der Waals surface area contributed by atoms with Gasteiger partial charge in [-0.15, -0.1) is 0 Å². The van der Waals surface area contributed by atoms with Gasteiger partial charge in [-0.1, -0.05) is 29.8 Å². The number of para-hydroxylation sites is 2. The molecule has 0 radical (unpaired) electrons. The monoisotopic (exact) mass is 394 g/mol. The number of fused-ring (bicyclic) bond motifs is 1. The Morgan fingerprint density at radius 1 is 1.22 bits per heavy atom. The van der Waals surface area contributed by atoms with Crippen LogP contribution in [0, 0.1) is 0 Å². The number of anilines is 2. The molecule has 27 heavy (non-hydrogen) atoms. The van der Waals surface area contributed by atoms with Crippen LogP contribution in [0.2, 0.25) is 5.02 Å². The molecular formula is C19H17ClF2N2O3. The molecule has 0 aromatic heterocycles. The zero-order chi connectivity index (χ0) is 19.4. The van der Waals surface area contributed by atoms with Gasteiger partial charge >= 0.3 is 0 Å². The Labute approximate surface area is 160 Å². The first-order valence-corrected chi connectivity index (χ1v) is 8.70. The number of hydrogen-bond donors (Lipinski definition) is 0. The van der Waals surface area contributed by atoms with Crippen molar-refractivity contribution in [1.29, 1.82) is 0 Å². The van der Waals surface area contributed by atoms with Crippen LogP contribution in [0.4, 0.5) is 20.2 Å². The highest BCUT2D eigenvalue weighted by Crippen LogP contribution is 2.31. The molecule has 2 amide bonds. The molecule has 0 spiro atoms. The summed E-state index contributed by atoms with van der Waals surface area (Å²) < 4.78 is 31.3. The highest BCUT2D eigenvalue weighted by atomic mass is 35.5. The van der Waals surface area contributed by atoms with E-state index in [1.54, 1.807) is 42.5 Å². The molecule has 0 bridgehead atoms. The van der Waals surface area contributed by atoms with Crippen LogP contribution in [-0.4, -0.2) is 37.9 Å². The number of rotatable bonds is 6. The highest BCUT2D eigenvalue weighted by Gasteiger charge is 2.27. The maximum atomic E-state index is 13.0. The van der Waals surface area contributed by atoms with Crippen molar-refractivity contribution in [3.05, 3.63) is 53.6 Å². The van der Waals surface area contributed by atoms with Crippen LogP contribution >= 0.6 is 11.6 Å². The van der Waals surface area contributed by atoms with Gasteiger partial charge in [-0.2, -0.15) is 0 Å². The van der Waals surface area contributed by atoms with Crippen LogP contribution in [0.3, 0.4) is 0 Å². The van der Waals surface area contributed by atoms with Crippen molar-refractivity contribution in [3.63, 3.8) is 0 Å². The first-order chi connectivity index (χ1) is 13.0. The zero-order valence-electron chi connectivity index (χ0n) is 14.3. The molecule has 1 aliphatic heterocycles. The Kier molecular flexibility index (Phi) is 5.91. The predicted molar refractivity (Wildman–Crippen MR) is 98.7 cm³/mol. The summed E-state index contributed by atoms with van der Waals surface area (Å²) in [5, 5.41) is 0.344. The minimum Gasteiger partial charge on any atom is -0.482 e. The number of carbonyl (C=O) groups is 2. The molecule has 0 saturated carbocycles. The number of alkyl halides is 2. The minimum absolute atomic E-state index is 0.0678. The second-order valence-electron chi connectivity index (χ2n) is 5.93. The predicted octanol–water partition coefficient (Wildman–Crippen LogP) is 3.75. The standard InChI is InChI=1S/C19H17ClF2N2O3/c20-13-4-3-5-14(10-13)24(11-17(21)22)18(25)8-9-23-15-6-1-2-7-16(15)27-12-19(23)26/h1-7,10,17H,8-9,11-12H2. The van der Waals surface area contributed by atoms with Crippen LogP contribution in [0.5, 0.6) is 5.75 Å². The van der Waals surface area contributed by atoms with Gasteiger partial charge in [-0.25, -0.2) is 8.78 Å². The molecule has 8 heteroatoms. The average Bonchev–Trinajstić information content (AvgIpc) is 2.65. The van der Waals surface area contributed by atoms with Crippen molar-refractivity contribution in [2.75, 3.05) is 29.5 Å².